The molecule has 0 radical (unpaired) electrons. The van der Waals surface area contributed by atoms with E-state index >= 15 is 0 Å². The normalized spacial score (nSPS) is 27.5. The first-order valence-electron chi connectivity index (χ1n) is 7.39. The van der Waals surface area contributed by atoms with E-state index in [2.05, 4.69) is 5.32 Å². The van der Waals surface area contributed by atoms with Gasteiger partial charge in [-0.15, -0.1) is 0 Å². The molecule has 1 saturated heterocycles. The molecule has 5 heteroatoms. The van der Waals surface area contributed by atoms with Gasteiger partial charge in [-0.25, -0.2) is 0 Å². The maximum atomic E-state index is 12.7. The number of nitrogens with one attached hydrogen (secondary N) is 1. The highest BCUT2D eigenvalue weighted by Gasteiger charge is 2.45. The first kappa shape index (κ1) is 14.4. The molecule has 2 aliphatic rings. The van der Waals surface area contributed by atoms with Gasteiger partial charge >= 0.3 is 0 Å². The van der Waals surface area contributed by atoms with Crippen molar-refractivity contribution in [1.29, 1.82) is 0 Å². The lowest BCUT2D eigenvalue weighted by atomic mass is 10.00. The molecule has 1 amide bonds. The van der Waals surface area contributed by atoms with Gasteiger partial charge in [0.25, 0.3) is 5.91 Å². The van der Waals surface area contributed by atoms with Crippen molar-refractivity contribution in [2.24, 2.45) is 0 Å². The van der Waals surface area contributed by atoms with Crippen LogP contribution in [0, 0.1) is 0 Å². The highest BCUT2D eigenvalue weighted by atomic mass is 16.6. The molecule has 2 aliphatic heterocycles. The molecule has 5 nitrogen and oxygen atoms in total. The monoisotopic (exact) mass is 291 g/mol. The van der Waals surface area contributed by atoms with Crippen LogP contribution in [0.5, 0.6) is 5.75 Å². The summed E-state index contributed by atoms with van der Waals surface area (Å²) in [5, 5.41) is 3.05. The molecule has 114 valence electrons. The number of hydrogen-bond donors (Lipinski definition) is 1. The third-order valence-electron chi connectivity index (χ3n) is 3.87. The summed E-state index contributed by atoms with van der Waals surface area (Å²) in [5.41, 5.74) is 0.149. The summed E-state index contributed by atoms with van der Waals surface area (Å²) < 4.78 is 16.9. The van der Waals surface area contributed by atoms with Crippen LogP contribution in [-0.2, 0) is 14.3 Å². The summed E-state index contributed by atoms with van der Waals surface area (Å²) in [7, 11) is 0. The van der Waals surface area contributed by atoms with Gasteiger partial charge in [-0.2, -0.15) is 0 Å². The Labute approximate surface area is 124 Å². The molecule has 1 fully saturated rings. The number of amides is 1. The van der Waals surface area contributed by atoms with Crippen molar-refractivity contribution >= 4 is 5.91 Å². The van der Waals surface area contributed by atoms with Gasteiger partial charge < -0.3 is 19.5 Å². The van der Waals surface area contributed by atoms with Crippen LogP contribution < -0.4 is 10.1 Å². The zero-order valence-electron chi connectivity index (χ0n) is 12.4. The highest BCUT2D eigenvalue weighted by molar-refractivity contribution is 5.86. The minimum atomic E-state index is -0.869. The fourth-order valence-electron chi connectivity index (χ4n) is 2.89. The molecule has 2 heterocycles. The standard InChI is InChI=1S/C16H21NO4/c1-11(2)21-16(7-8-19-10-16)15(18)17-13-9-20-14-6-4-3-5-12(13)14/h3-6,11,13H,7-10H2,1-2H3,(H,17,18). The fourth-order valence-corrected chi connectivity index (χ4v) is 2.89. The van der Waals surface area contributed by atoms with Crippen LogP contribution in [0.3, 0.4) is 0 Å². The molecule has 0 bridgehead atoms. The first-order chi connectivity index (χ1) is 10.1. The molecule has 0 saturated carbocycles. The third kappa shape index (κ3) is 2.76. The predicted octanol–water partition coefficient (Wildman–Crippen LogP) is 1.82. The molecule has 2 unspecified atom stereocenters. The fraction of sp³-hybridized carbons (Fsp3) is 0.562. The summed E-state index contributed by atoms with van der Waals surface area (Å²) in [6, 6.07) is 7.65. The van der Waals surface area contributed by atoms with Crippen molar-refractivity contribution in [3.05, 3.63) is 29.8 Å². The van der Waals surface area contributed by atoms with Crippen LogP contribution in [0.1, 0.15) is 31.9 Å². The van der Waals surface area contributed by atoms with Crippen molar-refractivity contribution in [1.82, 2.24) is 5.32 Å². The number of para-hydroxylation sites is 1. The molecule has 3 rings (SSSR count). The van der Waals surface area contributed by atoms with Crippen molar-refractivity contribution in [2.45, 2.75) is 38.0 Å². The minimum Gasteiger partial charge on any atom is -0.491 e. The smallest absolute Gasteiger partial charge is 0.255 e. The van der Waals surface area contributed by atoms with E-state index in [0.29, 0.717) is 26.2 Å². The number of carbonyl (C=O) groups excluding carboxylic acids is 1. The van der Waals surface area contributed by atoms with E-state index in [1.165, 1.54) is 0 Å². The van der Waals surface area contributed by atoms with Crippen LogP contribution in [0.15, 0.2) is 24.3 Å². The van der Waals surface area contributed by atoms with E-state index in [1.54, 1.807) is 0 Å². The second-order valence-corrected chi connectivity index (χ2v) is 5.84. The summed E-state index contributed by atoms with van der Waals surface area (Å²) in [6.45, 7) is 5.19. The Kier molecular flexibility index (Phi) is 3.87. The van der Waals surface area contributed by atoms with Crippen LogP contribution in [0.4, 0.5) is 0 Å². The van der Waals surface area contributed by atoms with E-state index in [0.717, 1.165) is 11.3 Å². The van der Waals surface area contributed by atoms with Crippen LogP contribution in [0.25, 0.3) is 0 Å². The van der Waals surface area contributed by atoms with E-state index in [-0.39, 0.29) is 18.1 Å². The Morgan fingerprint density at radius 1 is 1.43 bits per heavy atom. The van der Waals surface area contributed by atoms with E-state index < -0.39 is 5.60 Å². The van der Waals surface area contributed by atoms with Crippen molar-refractivity contribution < 1.29 is 19.0 Å². The van der Waals surface area contributed by atoms with Gasteiger partial charge in [0.1, 0.15) is 12.4 Å². The largest absolute Gasteiger partial charge is 0.491 e. The zero-order chi connectivity index (χ0) is 14.9. The second kappa shape index (κ2) is 5.66. The van der Waals surface area contributed by atoms with Gasteiger partial charge in [-0.1, -0.05) is 18.2 Å². The maximum Gasteiger partial charge on any atom is 0.255 e. The van der Waals surface area contributed by atoms with Crippen LogP contribution in [-0.4, -0.2) is 37.4 Å². The average Bonchev–Trinajstić information content (AvgIpc) is 3.07. The molecular weight excluding hydrogens is 270 g/mol. The molecule has 1 aromatic carbocycles. The van der Waals surface area contributed by atoms with Gasteiger partial charge in [0.15, 0.2) is 5.60 Å². The van der Waals surface area contributed by atoms with E-state index in [9.17, 15) is 4.79 Å². The third-order valence-corrected chi connectivity index (χ3v) is 3.87. The molecule has 0 spiro atoms. The number of rotatable bonds is 4. The molecule has 0 aromatic heterocycles. The van der Waals surface area contributed by atoms with Crippen LogP contribution in [0.2, 0.25) is 0 Å². The second-order valence-electron chi connectivity index (χ2n) is 5.84. The summed E-state index contributed by atoms with van der Waals surface area (Å²) in [5.74, 6) is 0.725. The lowest BCUT2D eigenvalue weighted by Crippen LogP contribution is -2.51. The zero-order valence-corrected chi connectivity index (χ0v) is 12.4. The molecular formula is C16H21NO4. The summed E-state index contributed by atoms with van der Waals surface area (Å²) >= 11 is 0. The first-order valence-corrected chi connectivity index (χ1v) is 7.39. The van der Waals surface area contributed by atoms with Crippen molar-refractivity contribution in [2.75, 3.05) is 19.8 Å². The molecule has 21 heavy (non-hydrogen) atoms. The number of fused-ring (bicyclic) bond motifs is 1. The molecule has 0 aliphatic carbocycles. The Morgan fingerprint density at radius 2 is 2.24 bits per heavy atom. The Morgan fingerprint density at radius 3 is 2.95 bits per heavy atom. The van der Waals surface area contributed by atoms with Crippen molar-refractivity contribution in [3.8, 4) is 5.75 Å². The SMILES string of the molecule is CC(C)OC1(C(=O)NC2COc3ccccc32)CCOC1. The average molecular weight is 291 g/mol. The maximum absolute atomic E-state index is 12.7. The minimum absolute atomic E-state index is 0.0236. The lowest BCUT2D eigenvalue weighted by Gasteiger charge is -2.30. The summed E-state index contributed by atoms with van der Waals surface area (Å²) in [4.78, 5) is 12.7. The van der Waals surface area contributed by atoms with Gasteiger partial charge in [0.2, 0.25) is 0 Å². The molecule has 1 N–H and O–H groups in total. The van der Waals surface area contributed by atoms with Gasteiger partial charge in [-0.05, 0) is 19.9 Å². The number of hydrogen-bond acceptors (Lipinski definition) is 4. The van der Waals surface area contributed by atoms with E-state index in [1.807, 2.05) is 38.1 Å². The van der Waals surface area contributed by atoms with Crippen LogP contribution >= 0.6 is 0 Å². The quantitative estimate of drug-likeness (QED) is 0.919. The number of carbonyl (C=O) groups is 1. The summed E-state index contributed by atoms with van der Waals surface area (Å²) in [6.07, 6.45) is 0.566. The Bertz CT molecular complexity index is 523. The van der Waals surface area contributed by atoms with Gasteiger partial charge in [-0.3, -0.25) is 4.79 Å². The lowest BCUT2D eigenvalue weighted by molar-refractivity contribution is -0.154. The Balaban J connectivity index is 1.74. The topological polar surface area (TPSA) is 56.8 Å². The Hall–Kier alpha value is -1.59. The van der Waals surface area contributed by atoms with Crippen molar-refractivity contribution in [3.63, 3.8) is 0 Å². The number of ether oxygens (including phenoxy) is 3. The molecule has 1 aromatic rings. The van der Waals surface area contributed by atoms with E-state index in [4.69, 9.17) is 14.2 Å². The van der Waals surface area contributed by atoms with Gasteiger partial charge in [0, 0.05) is 12.0 Å². The highest BCUT2D eigenvalue weighted by Crippen LogP contribution is 2.33. The number of benzene rings is 1. The molecule has 2 atom stereocenters. The van der Waals surface area contributed by atoms with Gasteiger partial charge in [0.05, 0.1) is 25.4 Å². The predicted molar refractivity (Wildman–Crippen MR) is 77.2 cm³/mol.